The van der Waals surface area contributed by atoms with E-state index in [9.17, 15) is 14.4 Å². The van der Waals surface area contributed by atoms with Crippen molar-refractivity contribution in [2.45, 2.75) is 26.9 Å². The van der Waals surface area contributed by atoms with Gasteiger partial charge in [-0.1, -0.05) is 57.9 Å². The maximum atomic E-state index is 13.2. The SMILES string of the molecule is C=CCc1cc(/C=C2\C(=O)NC(=O)N(c3ccc(Br)c(C)c3)C2=O)ccc1OCc1ccc(C)cc1. The van der Waals surface area contributed by atoms with Crippen molar-refractivity contribution in [3.63, 3.8) is 0 Å². The Kier molecular flexibility index (Phi) is 7.50. The second kappa shape index (κ2) is 10.7. The van der Waals surface area contributed by atoms with Crippen LogP contribution in [-0.4, -0.2) is 17.8 Å². The molecule has 1 heterocycles. The average molecular weight is 545 g/mol. The van der Waals surface area contributed by atoms with Gasteiger partial charge in [-0.25, -0.2) is 9.69 Å². The van der Waals surface area contributed by atoms with E-state index in [4.69, 9.17) is 4.74 Å². The Morgan fingerprint density at radius 3 is 2.44 bits per heavy atom. The van der Waals surface area contributed by atoms with Crippen LogP contribution in [0.2, 0.25) is 0 Å². The first kappa shape index (κ1) is 25.1. The molecule has 36 heavy (non-hydrogen) atoms. The van der Waals surface area contributed by atoms with Crippen LogP contribution in [0.25, 0.3) is 6.08 Å². The van der Waals surface area contributed by atoms with Crippen molar-refractivity contribution in [3.05, 3.63) is 111 Å². The third kappa shape index (κ3) is 5.47. The number of halogens is 1. The van der Waals surface area contributed by atoms with Gasteiger partial charge in [0.2, 0.25) is 0 Å². The molecule has 1 aliphatic rings. The topological polar surface area (TPSA) is 75.7 Å². The molecule has 182 valence electrons. The van der Waals surface area contributed by atoms with Crippen LogP contribution in [0.4, 0.5) is 10.5 Å². The van der Waals surface area contributed by atoms with E-state index in [0.29, 0.717) is 30.0 Å². The molecule has 0 spiro atoms. The zero-order valence-corrected chi connectivity index (χ0v) is 21.6. The summed E-state index contributed by atoms with van der Waals surface area (Å²) in [6.07, 6.45) is 3.79. The molecule has 0 unspecified atom stereocenters. The van der Waals surface area contributed by atoms with Gasteiger partial charge in [0.25, 0.3) is 11.8 Å². The summed E-state index contributed by atoms with van der Waals surface area (Å²) >= 11 is 3.41. The maximum absolute atomic E-state index is 13.2. The van der Waals surface area contributed by atoms with E-state index in [2.05, 4.69) is 27.8 Å². The van der Waals surface area contributed by atoms with Gasteiger partial charge in [-0.15, -0.1) is 6.58 Å². The number of nitrogens with zero attached hydrogens (tertiary/aromatic N) is 1. The van der Waals surface area contributed by atoms with Crippen LogP contribution in [0.15, 0.2) is 83.4 Å². The molecule has 0 aromatic heterocycles. The molecule has 0 radical (unpaired) electrons. The Bertz CT molecular complexity index is 1390. The molecule has 1 N–H and O–H groups in total. The van der Waals surface area contributed by atoms with Gasteiger partial charge in [0.05, 0.1) is 5.69 Å². The fourth-order valence-corrected chi connectivity index (χ4v) is 4.06. The van der Waals surface area contributed by atoms with Gasteiger partial charge < -0.3 is 4.74 Å². The van der Waals surface area contributed by atoms with Gasteiger partial charge in [0, 0.05) is 4.47 Å². The Hall–Kier alpha value is -3.97. The molecule has 6 nitrogen and oxygen atoms in total. The van der Waals surface area contributed by atoms with Gasteiger partial charge in [0.1, 0.15) is 17.9 Å². The standard InChI is InChI=1S/C29H25BrN2O4/c1-4-5-22-15-21(10-13-26(22)36-17-20-8-6-18(2)7-9-20)16-24-27(33)31-29(35)32(28(24)34)23-11-12-25(30)19(3)14-23/h4,6-16H,1,5,17H2,2-3H3,(H,31,33,35)/b24-16+. The first-order valence-corrected chi connectivity index (χ1v) is 12.2. The fourth-order valence-electron chi connectivity index (χ4n) is 3.82. The highest BCUT2D eigenvalue weighted by Gasteiger charge is 2.37. The smallest absolute Gasteiger partial charge is 0.335 e. The van der Waals surface area contributed by atoms with Gasteiger partial charge in [-0.2, -0.15) is 0 Å². The predicted molar refractivity (Wildman–Crippen MR) is 144 cm³/mol. The molecule has 4 rings (SSSR count). The van der Waals surface area contributed by atoms with Crippen LogP contribution >= 0.6 is 15.9 Å². The third-order valence-corrected chi connectivity index (χ3v) is 6.67. The Labute approximate surface area is 218 Å². The lowest BCUT2D eigenvalue weighted by molar-refractivity contribution is -0.122. The highest BCUT2D eigenvalue weighted by atomic mass is 79.9. The van der Waals surface area contributed by atoms with E-state index in [1.165, 1.54) is 11.6 Å². The number of hydrogen-bond acceptors (Lipinski definition) is 4. The van der Waals surface area contributed by atoms with E-state index in [-0.39, 0.29) is 5.57 Å². The lowest BCUT2D eigenvalue weighted by Crippen LogP contribution is -2.54. The van der Waals surface area contributed by atoms with E-state index < -0.39 is 17.8 Å². The van der Waals surface area contributed by atoms with E-state index >= 15 is 0 Å². The van der Waals surface area contributed by atoms with Crippen LogP contribution < -0.4 is 15.0 Å². The number of carbonyl (C=O) groups excluding carboxylic acids is 3. The Morgan fingerprint density at radius 2 is 1.75 bits per heavy atom. The Morgan fingerprint density at radius 1 is 1.00 bits per heavy atom. The number of anilines is 1. The van der Waals surface area contributed by atoms with Gasteiger partial charge in [-0.05, 0) is 78.9 Å². The summed E-state index contributed by atoms with van der Waals surface area (Å²) < 4.78 is 6.89. The van der Waals surface area contributed by atoms with Crippen molar-refractivity contribution in [3.8, 4) is 5.75 Å². The molecular weight excluding hydrogens is 520 g/mol. The Balaban J connectivity index is 1.62. The largest absolute Gasteiger partial charge is 0.489 e. The van der Waals surface area contributed by atoms with Crippen LogP contribution in [-0.2, 0) is 22.6 Å². The van der Waals surface area contributed by atoms with Crippen molar-refractivity contribution < 1.29 is 19.1 Å². The summed E-state index contributed by atoms with van der Waals surface area (Å²) in [7, 11) is 0. The number of amides is 4. The molecule has 0 aliphatic carbocycles. The van der Waals surface area contributed by atoms with Crippen LogP contribution in [0.3, 0.4) is 0 Å². The quantitative estimate of drug-likeness (QED) is 0.223. The summed E-state index contributed by atoms with van der Waals surface area (Å²) in [6.45, 7) is 8.12. The molecule has 7 heteroatoms. The molecule has 3 aromatic carbocycles. The molecule has 3 aromatic rings. The fraction of sp³-hybridized carbons (Fsp3) is 0.138. The number of nitrogens with one attached hydrogen (secondary N) is 1. The van der Waals surface area contributed by atoms with Crippen molar-refractivity contribution >= 4 is 45.5 Å². The number of ether oxygens (including phenoxy) is 1. The third-order valence-electron chi connectivity index (χ3n) is 5.78. The van der Waals surface area contributed by atoms with E-state index in [1.807, 2.05) is 50.2 Å². The molecule has 1 saturated heterocycles. The molecule has 4 amide bonds. The number of rotatable bonds is 7. The number of allylic oxidation sites excluding steroid dienone is 1. The highest BCUT2D eigenvalue weighted by Crippen LogP contribution is 2.28. The van der Waals surface area contributed by atoms with Crippen molar-refractivity contribution in [1.82, 2.24) is 5.32 Å². The zero-order chi connectivity index (χ0) is 25.8. The van der Waals surface area contributed by atoms with Crippen LogP contribution in [0, 0.1) is 13.8 Å². The first-order chi connectivity index (χ1) is 17.3. The van der Waals surface area contributed by atoms with Crippen molar-refractivity contribution in [1.29, 1.82) is 0 Å². The van der Waals surface area contributed by atoms with Gasteiger partial charge in [0.15, 0.2) is 0 Å². The van der Waals surface area contributed by atoms with Crippen molar-refractivity contribution in [2.75, 3.05) is 4.90 Å². The van der Waals surface area contributed by atoms with Crippen molar-refractivity contribution in [2.24, 2.45) is 0 Å². The molecular formula is C29H25BrN2O4. The zero-order valence-electron chi connectivity index (χ0n) is 20.0. The van der Waals surface area contributed by atoms with Crippen LogP contribution in [0.1, 0.15) is 27.8 Å². The maximum Gasteiger partial charge on any atom is 0.335 e. The molecule has 0 saturated carbocycles. The summed E-state index contributed by atoms with van der Waals surface area (Å²) in [4.78, 5) is 39.3. The first-order valence-electron chi connectivity index (χ1n) is 11.4. The summed E-state index contributed by atoms with van der Waals surface area (Å²) in [5, 5.41) is 2.26. The highest BCUT2D eigenvalue weighted by molar-refractivity contribution is 9.10. The normalized spacial score (nSPS) is 14.7. The number of barbiturate groups is 1. The molecule has 0 bridgehead atoms. The number of imide groups is 2. The molecule has 1 fully saturated rings. The lowest BCUT2D eigenvalue weighted by atomic mass is 10.0. The van der Waals surface area contributed by atoms with Crippen LogP contribution in [0.5, 0.6) is 5.75 Å². The summed E-state index contributed by atoms with van der Waals surface area (Å²) in [5.41, 5.74) is 4.83. The van der Waals surface area contributed by atoms with E-state index in [0.717, 1.165) is 26.1 Å². The van der Waals surface area contributed by atoms with Gasteiger partial charge in [-0.3, -0.25) is 14.9 Å². The second-order valence-electron chi connectivity index (χ2n) is 8.53. The second-order valence-corrected chi connectivity index (χ2v) is 9.38. The minimum atomic E-state index is -0.781. The summed E-state index contributed by atoms with van der Waals surface area (Å²) in [6, 6.07) is 17.9. The average Bonchev–Trinajstić information content (AvgIpc) is 2.84. The molecule has 1 aliphatic heterocycles. The lowest BCUT2D eigenvalue weighted by Gasteiger charge is -2.26. The number of urea groups is 1. The number of benzene rings is 3. The minimum absolute atomic E-state index is 0.131. The van der Waals surface area contributed by atoms with E-state index in [1.54, 1.807) is 30.3 Å². The number of aryl methyl sites for hydroxylation is 2. The minimum Gasteiger partial charge on any atom is -0.489 e. The number of hydrogen-bond donors (Lipinski definition) is 1. The summed E-state index contributed by atoms with van der Waals surface area (Å²) in [5.74, 6) is -0.727. The molecule has 0 atom stereocenters. The predicted octanol–water partition coefficient (Wildman–Crippen LogP) is 6.04. The monoisotopic (exact) mass is 544 g/mol. The van der Waals surface area contributed by atoms with Gasteiger partial charge >= 0.3 is 6.03 Å². The number of carbonyl (C=O) groups is 3.